The zero-order valence-corrected chi connectivity index (χ0v) is 15.9. The average molecular weight is 381 g/mol. The van der Waals surface area contributed by atoms with Gasteiger partial charge in [-0.1, -0.05) is 0 Å². The van der Waals surface area contributed by atoms with Crippen LogP contribution < -0.4 is 10.6 Å². The van der Waals surface area contributed by atoms with Crippen molar-refractivity contribution in [3.05, 3.63) is 22.4 Å². The maximum Gasteiger partial charge on any atom is 0.309 e. The number of morpholine rings is 1. The van der Waals surface area contributed by atoms with Crippen molar-refractivity contribution in [2.75, 3.05) is 59.0 Å². The van der Waals surface area contributed by atoms with E-state index in [-0.39, 0.29) is 6.04 Å². The lowest BCUT2D eigenvalue weighted by Crippen LogP contribution is -2.46. The molecule has 3 rings (SSSR count). The van der Waals surface area contributed by atoms with E-state index >= 15 is 0 Å². The van der Waals surface area contributed by atoms with Crippen LogP contribution in [0, 0.1) is 0 Å². The van der Waals surface area contributed by atoms with Gasteiger partial charge in [-0.05, 0) is 48.3 Å². The molecule has 2 saturated heterocycles. The van der Waals surface area contributed by atoms with Gasteiger partial charge >= 0.3 is 11.8 Å². The van der Waals surface area contributed by atoms with Crippen LogP contribution in [0.4, 0.5) is 0 Å². The topological polar surface area (TPSA) is 73.9 Å². The third kappa shape index (κ3) is 5.51. The summed E-state index contributed by atoms with van der Waals surface area (Å²) in [7, 11) is 0. The first-order valence-electron chi connectivity index (χ1n) is 9.36. The molecule has 1 atom stereocenters. The van der Waals surface area contributed by atoms with E-state index < -0.39 is 11.8 Å². The second-order valence-corrected chi connectivity index (χ2v) is 7.52. The number of carbonyl (C=O) groups excluding carboxylic acids is 2. The number of amides is 2. The standard InChI is InChI=1S/C18H28N4O3S/c23-17(19-4-7-21-8-10-25-11-9-21)18(24)20-13-16(15-3-12-26-14-15)22-5-1-2-6-22/h3,12,14,16H,1-2,4-11,13H2,(H,19,23)(H,20,24). The molecule has 2 aliphatic heterocycles. The molecule has 0 aromatic carbocycles. The summed E-state index contributed by atoms with van der Waals surface area (Å²) >= 11 is 1.66. The van der Waals surface area contributed by atoms with Gasteiger partial charge in [-0.2, -0.15) is 11.3 Å². The summed E-state index contributed by atoms with van der Waals surface area (Å²) in [4.78, 5) is 28.8. The SMILES string of the molecule is O=C(NCCN1CCOCC1)C(=O)NCC(c1ccsc1)N1CCCC1. The highest BCUT2D eigenvalue weighted by atomic mass is 32.1. The molecule has 2 aliphatic rings. The van der Waals surface area contributed by atoms with Gasteiger partial charge in [0, 0.05) is 32.7 Å². The van der Waals surface area contributed by atoms with Gasteiger partial charge in [-0.15, -0.1) is 0 Å². The number of likely N-dealkylation sites (tertiary alicyclic amines) is 1. The normalized spacial score (nSPS) is 20.0. The van der Waals surface area contributed by atoms with E-state index in [1.54, 1.807) is 11.3 Å². The van der Waals surface area contributed by atoms with Crippen molar-refractivity contribution >= 4 is 23.2 Å². The largest absolute Gasteiger partial charge is 0.379 e. The molecule has 0 aliphatic carbocycles. The van der Waals surface area contributed by atoms with Crippen LogP contribution >= 0.6 is 11.3 Å². The second-order valence-electron chi connectivity index (χ2n) is 6.74. The molecule has 1 unspecified atom stereocenters. The number of thiophene rings is 1. The van der Waals surface area contributed by atoms with Crippen molar-refractivity contribution < 1.29 is 14.3 Å². The predicted octanol–water partition coefficient (Wildman–Crippen LogP) is 0.450. The molecule has 0 saturated carbocycles. The molecule has 1 aromatic rings. The zero-order chi connectivity index (χ0) is 18.2. The quantitative estimate of drug-likeness (QED) is 0.672. The van der Waals surface area contributed by atoms with Crippen LogP contribution in [0.5, 0.6) is 0 Å². The maximum absolute atomic E-state index is 12.1. The predicted molar refractivity (Wildman–Crippen MR) is 101 cm³/mol. The minimum atomic E-state index is -0.552. The summed E-state index contributed by atoms with van der Waals surface area (Å²) in [6, 6.07) is 2.25. The van der Waals surface area contributed by atoms with Gasteiger partial charge in [0.15, 0.2) is 0 Å². The van der Waals surface area contributed by atoms with Gasteiger partial charge in [-0.25, -0.2) is 0 Å². The summed E-state index contributed by atoms with van der Waals surface area (Å²) in [5.74, 6) is -1.10. The molecule has 8 heteroatoms. The number of rotatable bonds is 7. The number of ether oxygens (including phenoxy) is 1. The third-order valence-electron chi connectivity index (χ3n) is 4.99. The Hall–Kier alpha value is -1.48. The Morgan fingerprint density at radius 1 is 1.12 bits per heavy atom. The molecule has 7 nitrogen and oxygen atoms in total. The fourth-order valence-corrected chi connectivity index (χ4v) is 4.18. The smallest absolute Gasteiger partial charge is 0.309 e. The molecule has 0 bridgehead atoms. The van der Waals surface area contributed by atoms with E-state index in [9.17, 15) is 9.59 Å². The fraction of sp³-hybridized carbons (Fsp3) is 0.667. The van der Waals surface area contributed by atoms with E-state index in [2.05, 4.69) is 37.3 Å². The van der Waals surface area contributed by atoms with Crippen molar-refractivity contribution in [3.63, 3.8) is 0 Å². The molecule has 2 N–H and O–H groups in total. The lowest BCUT2D eigenvalue weighted by atomic mass is 10.1. The Kier molecular flexibility index (Phi) is 7.43. The highest BCUT2D eigenvalue weighted by molar-refractivity contribution is 7.07. The van der Waals surface area contributed by atoms with Gasteiger partial charge in [0.1, 0.15) is 0 Å². The number of nitrogens with zero attached hydrogens (tertiary/aromatic N) is 2. The fourth-order valence-electron chi connectivity index (χ4n) is 3.48. The number of carbonyl (C=O) groups is 2. The second kappa shape index (κ2) is 10.0. The van der Waals surface area contributed by atoms with Crippen molar-refractivity contribution in [2.24, 2.45) is 0 Å². The van der Waals surface area contributed by atoms with Crippen LogP contribution in [0.2, 0.25) is 0 Å². The van der Waals surface area contributed by atoms with Gasteiger partial charge in [0.25, 0.3) is 0 Å². The minimum absolute atomic E-state index is 0.147. The minimum Gasteiger partial charge on any atom is -0.379 e. The highest BCUT2D eigenvalue weighted by Gasteiger charge is 2.25. The Morgan fingerprint density at radius 2 is 1.85 bits per heavy atom. The summed E-state index contributed by atoms with van der Waals surface area (Å²) in [6.45, 7) is 6.99. The van der Waals surface area contributed by atoms with Crippen LogP contribution in [-0.2, 0) is 14.3 Å². The van der Waals surface area contributed by atoms with Crippen LogP contribution in [0.25, 0.3) is 0 Å². The highest BCUT2D eigenvalue weighted by Crippen LogP contribution is 2.26. The average Bonchev–Trinajstić information content (AvgIpc) is 3.37. The van der Waals surface area contributed by atoms with E-state index in [0.717, 1.165) is 45.9 Å². The van der Waals surface area contributed by atoms with Gasteiger partial charge in [0.2, 0.25) is 0 Å². The lowest BCUT2D eigenvalue weighted by molar-refractivity contribution is -0.139. The molecule has 3 heterocycles. The number of hydrogen-bond acceptors (Lipinski definition) is 6. The molecule has 2 fully saturated rings. The van der Waals surface area contributed by atoms with Crippen LogP contribution in [0.3, 0.4) is 0 Å². The van der Waals surface area contributed by atoms with Crippen molar-refractivity contribution in [1.29, 1.82) is 0 Å². The van der Waals surface area contributed by atoms with E-state index in [4.69, 9.17) is 4.74 Å². The molecule has 144 valence electrons. The van der Waals surface area contributed by atoms with Crippen molar-refractivity contribution in [1.82, 2.24) is 20.4 Å². The maximum atomic E-state index is 12.1. The van der Waals surface area contributed by atoms with Crippen LogP contribution in [0.15, 0.2) is 16.8 Å². The number of hydrogen-bond donors (Lipinski definition) is 2. The van der Waals surface area contributed by atoms with Crippen LogP contribution in [0.1, 0.15) is 24.4 Å². The molecular weight excluding hydrogens is 352 g/mol. The first-order chi connectivity index (χ1) is 12.7. The Bertz CT molecular complexity index is 569. The van der Waals surface area contributed by atoms with Gasteiger partial charge < -0.3 is 15.4 Å². The Morgan fingerprint density at radius 3 is 2.54 bits per heavy atom. The molecule has 0 radical (unpaired) electrons. The van der Waals surface area contributed by atoms with E-state index in [1.165, 1.54) is 18.4 Å². The first-order valence-corrected chi connectivity index (χ1v) is 10.3. The molecule has 26 heavy (non-hydrogen) atoms. The first kappa shape index (κ1) is 19.3. The molecule has 1 aromatic heterocycles. The van der Waals surface area contributed by atoms with E-state index in [1.807, 2.05) is 0 Å². The summed E-state index contributed by atoms with van der Waals surface area (Å²) in [5, 5.41) is 9.70. The summed E-state index contributed by atoms with van der Waals surface area (Å²) < 4.78 is 5.30. The third-order valence-corrected chi connectivity index (χ3v) is 5.69. The van der Waals surface area contributed by atoms with Crippen LogP contribution in [-0.4, -0.2) is 80.6 Å². The van der Waals surface area contributed by atoms with Gasteiger partial charge in [-0.3, -0.25) is 19.4 Å². The number of nitrogens with one attached hydrogen (secondary N) is 2. The molecular formula is C18H28N4O3S. The van der Waals surface area contributed by atoms with Gasteiger partial charge in [0.05, 0.1) is 19.3 Å². The zero-order valence-electron chi connectivity index (χ0n) is 15.1. The van der Waals surface area contributed by atoms with E-state index in [0.29, 0.717) is 13.1 Å². The Balaban J connectivity index is 1.41. The summed E-state index contributed by atoms with van der Waals surface area (Å²) in [6.07, 6.45) is 2.38. The Labute approximate surface area is 158 Å². The summed E-state index contributed by atoms with van der Waals surface area (Å²) in [5.41, 5.74) is 1.21. The lowest BCUT2D eigenvalue weighted by Gasteiger charge is -2.27. The molecule has 2 amide bonds. The molecule has 0 spiro atoms. The van der Waals surface area contributed by atoms with Crippen molar-refractivity contribution in [2.45, 2.75) is 18.9 Å². The van der Waals surface area contributed by atoms with Crippen molar-refractivity contribution in [3.8, 4) is 0 Å². The monoisotopic (exact) mass is 380 g/mol.